The second-order valence-corrected chi connectivity index (χ2v) is 4.42. The smallest absolute Gasteiger partial charge is 0.425 e. The molecule has 0 N–H and O–H groups in total. The maximum atomic E-state index is 10.8. The third-order valence-electron chi connectivity index (χ3n) is 1.43. The van der Waals surface area contributed by atoms with Crippen molar-refractivity contribution in [2.24, 2.45) is 0 Å². The molecule has 0 unspecified atom stereocenters. The molecule has 0 aliphatic rings. The highest BCUT2D eigenvalue weighted by atomic mass is 27.2. The third kappa shape index (κ3) is 6.83. The molecule has 3 nitrogen and oxygen atoms in total. The van der Waals surface area contributed by atoms with Crippen molar-refractivity contribution in [1.82, 2.24) is 0 Å². The lowest BCUT2D eigenvalue weighted by Gasteiger charge is -2.27. The molecule has 0 saturated heterocycles. The maximum Gasteiger partial charge on any atom is 0.425 e. The summed E-state index contributed by atoms with van der Waals surface area (Å²) >= 11 is -1.56. The topological polar surface area (TPSA) is 35.5 Å². The fourth-order valence-electron chi connectivity index (χ4n) is 0.928. The van der Waals surface area contributed by atoms with Crippen molar-refractivity contribution in [3.8, 4) is 0 Å². The molecule has 0 heterocycles. The minimum atomic E-state index is -1.56. The average molecular weight is 200 g/mol. The van der Waals surface area contributed by atoms with Gasteiger partial charge in [0.1, 0.15) is 0 Å². The molecule has 0 rings (SSSR count). The molecular weight excluding hydrogens is 183 g/mol. The van der Waals surface area contributed by atoms with Gasteiger partial charge in [-0.05, 0) is 26.9 Å². The highest BCUT2D eigenvalue weighted by Crippen LogP contribution is 2.05. The van der Waals surface area contributed by atoms with Crippen molar-refractivity contribution < 1.29 is 12.4 Å². The van der Waals surface area contributed by atoms with Gasteiger partial charge in [-0.15, -0.1) is 0 Å². The average Bonchev–Trinajstić information content (AvgIpc) is 2.02. The molecule has 0 spiro atoms. The van der Waals surface area contributed by atoms with Crippen LogP contribution in [0.1, 0.15) is 27.2 Å². The van der Waals surface area contributed by atoms with Crippen molar-refractivity contribution in [1.29, 1.82) is 0 Å². The summed E-state index contributed by atoms with van der Waals surface area (Å²) in [5.41, 5.74) is 0. The summed E-state index contributed by atoms with van der Waals surface area (Å²) in [6, 6.07) is 0. The van der Waals surface area contributed by atoms with Crippen LogP contribution >= 0.6 is 0 Å². The van der Waals surface area contributed by atoms with Gasteiger partial charge >= 0.3 is 14.8 Å². The van der Waals surface area contributed by atoms with Crippen molar-refractivity contribution in [3.63, 3.8) is 0 Å². The predicted octanol–water partition coefficient (Wildman–Crippen LogP) is 2.04. The van der Waals surface area contributed by atoms with E-state index >= 15 is 0 Å². The highest BCUT2D eigenvalue weighted by Gasteiger charge is 2.01. The summed E-state index contributed by atoms with van der Waals surface area (Å²) in [6.07, 6.45) is 2.27. The second-order valence-electron chi connectivity index (χ2n) is 2.72. The van der Waals surface area contributed by atoms with Crippen LogP contribution in [0.15, 0.2) is 11.8 Å². The molecule has 75 valence electrons. The van der Waals surface area contributed by atoms with E-state index in [0.717, 1.165) is 12.2 Å². The van der Waals surface area contributed by atoms with E-state index in [1.807, 2.05) is 19.6 Å². The first-order valence-corrected chi connectivity index (χ1v) is 6.69. The first-order valence-electron chi connectivity index (χ1n) is 4.59. The fourth-order valence-corrected chi connectivity index (χ4v) is 2.13. The quantitative estimate of drug-likeness (QED) is 0.374. The molecule has 0 aliphatic carbocycles. The first kappa shape index (κ1) is 12.7. The summed E-state index contributed by atoms with van der Waals surface area (Å²) < 4.78 is 10.8. The van der Waals surface area contributed by atoms with Crippen LogP contribution in [0.2, 0.25) is 5.79 Å². The summed E-state index contributed by atoms with van der Waals surface area (Å²) in [5.74, 6) is 2.71. The maximum absolute atomic E-state index is 10.8. The van der Waals surface area contributed by atoms with Crippen molar-refractivity contribution in [2.45, 2.75) is 33.0 Å². The Morgan fingerprint density at radius 3 is 2.46 bits per heavy atom. The van der Waals surface area contributed by atoms with Gasteiger partial charge in [0.05, 0.1) is 0 Å². The lowest BCUT2D eigenvalue weighted by Crippen LogP contribution is -2.18. The van der Waals surface area contributed by atoms with Gasteiger partial charge in [-0.2, -0.15) is 5.79 Å². The first-order chi connectivity index (χ1) is 6.10. The van der Waals surface area contributed by atoms with Crippen LogP contribution < -0.4 is 0 Å². The zero-order valence-electron chi connectivity index (χ0n) is 8.79. The molecule has 0 amide bonds. The number of rotatable bonds is 6. The van der Waals surface area contributed by atoms with E-state index in [4.69, 9.17) is 7.58 Å². The number of hydrogen-bond acceptors (Lipinski definition) is 3. The molecule has 0 aromatic rings. The van der Waals surface area contributed by atoms with Crippen LogP contribution in [0.25, 0.3) is 0 Å². The Hall–Kier alpha value is -0.298. The molecule has 0 aliphatic heterocycles. The van der Waals surface area contributed by atoms with Gasteiger partial charge in [0.25, 0.3) is 0 Å². The second kappa shape index (κ2) is 7.14. The Labute approximate surface area is 84.8 Å². The molecule has 0 saturated carbocycles. The molecule has 4 heteroatoms. The Kier molecular flexibility index (Phi) is 6.98. The fraction of sp³-hybridized carbons (Fsp3) is 0.667. The van der Waals surface area contributed by atoms with Gasteiger partial charge in [0.15, 0.2) is 5.78 Å². The van der Waals surface area contributed by atoms with Gasteiger partial charge in [0.2, 0.25) is 0 Å². The number of ketones is 1. The van der Waals surface area contributed by atoms with Crippen LogP contribution in [-0.2, 0) is 12.4 Å². The summed E-state index contributed by atoms with van der Waals surface area (Å²) in [5, 5.41) is 0. The highest BCUT2D eigenvalue weighted by molar-refractivity contribution is 6.42. The SMILES string of the molecule is CC[O][Al-]([CH3])[O]C(=CC(C)=O)CC. The van der Waals surface area contributed by atoms with E-state index < -0.39 is 14.8 Å². The molecule has 0 bridgehead atoms. The Morgan fingerprint density at radius 1 is 1.46 bits per heavy atom. The largest absolute Gasteiger partial charge is 0.799 e. The Morgan fingerprint density at radius 2 is 2.08 bits per heavy atom. The van der Waals surface area contributed by atoms with E-state index in [1.165, 1.54) is 13.0 Å². The van der Waals surface area contributed by atoms with Gasteiger partial charge in [0, 0.05) is 11.8 Å². The standard InChI is InChI=1S/C6H10O2.C2H5O.CH3.Al/c1-3-6(8)4-5(2)7;1-2-3;;/h4,8H,3H2,1-2H3;2H2,1H3;1H3;/q;-1;;+1/p-1. The van der Waals surface area contributed by atoms with E-state index in [-0.39, 0.29) is 5.78 Å². The lowest BCUT2D eigenvalue weighted by atomic mass is 10.3. The van der Waals surface area contributed by atoms with E-state index in [1.54, 1.807) is 0 Å². The summed E-state index contributed by atoms with van der Waals surface area (Å²) in [7, 11) is 0. The van der Waals surface area contributed by atoms with Gasteiger partial charge < -0.3 is 7.58 Å². The minimum Gasteiger partial charge on any atom is -0.799 e. The number of hydrogen-bond donors (Lipinski definition) is 0. The van der Waals surface area contributed by atoms with E-state index in [9.17, 15) is 4.79 Å². The van der Waals surface area contributed by atoms with Crippen molar-refractivity contribution >= 4 is 20.6 Å². The van der Waals surface area contributed by atoms with Crippen molar-refractivity contribution in [2.75, 3.05) is 6.61 Å². The molecule has 0 aromatic heterocycles. The van der Waals surface area contributed by atoms with Crippen LogP contribution in [0.5, 0.6) is 0 Å². The summed E-state index contributed by atoms with van der Waals surface area (Å²) in [6.45, 7) is 6.09. The number of allylic oxidation sites excluding steroid dienone is 2. The molecule has 13 heavy (non-hydrogen) atoms. The van der Waals surface area contributed by atoms with Crippen LogP contribution in [0.3, 0.4) is 0 Å². The zero-order chi connectivity index (χ0) is 10.3. The number of carbonyl (C=O) groups excluding carboxylic acids is 1. The predicted molar refractivity (Wildman–Crippen MR) is 53.4 cm³/mol. The number of carbonyl (C=O) groups is 1. The van der Waals surface area contributed by atoms with Crippen LogP contribution in [0.4, 0.5) is 0 Å². The minimum absolute atomic E-state index is 0.0227. The monoisotopic (exact) mass is 200 g/mol. The molecule has 0 fully saturated rings. The molecule has 1 radical (unpaired) electrons. The lowest BCUT2D eigenvalue weighted by molar-refractivity contribution is -0.112. The molecule has 0 aromatic carbocycles. The van der Waals surface area contributed by atoms with Gasteiger partial charge in [-0.3, -0.25) is 4.79 Å². The molecule has 0 atom stereocenters. The Bertz CT molecular complexity index is 189. The third-order valence-corrected chi connectivity index (χ3v) is 2.87. The zero-order valence-corrected chi connectivity index (χ0v) is 9.95. The summed E-state index contributed by atoms with van der Waals surface area (Å²) in [4.78, 5) is 10.8. The normalized spacial score (nSPS) is 11.9. The van der Waals surface area contributed by atoms with E-state index in [2.05, 4.69) is 0 Å². The van der Waals surface area contributed by atoms with Crippen molar-refractivity contribution in [3.05, 3.63) is 11.8 Å². The van der Waals surface area contributed by atoms with E-state index in [0.29, 0.717) is 6.61 Å². The van der Waals surface area contributed by atoms with Crippen LogP contribution in [0, 0.1) is 0 Å². The van der Waals surface area contributed by atoms with Gasteiger partial charge in [-0.1, -0.05) is 6.92 Å². The Balaban J connectivity index is 4.04. The van der Waals surface area contributed by atoms with Gasteiger partial charge in [-0.25, -0.2) is 0 Å². The van der Waals surface area contributed by atoms with Crippen LogP contribution in [-0.4, -0.2) is 27.2 Å². The molecular formula is C9H17AlO3-.